The van der Waals surface area contributed by atoms with Gasteiger partial charge in [0.05, 0.1) is 0 Å². The van der Waals surface area contributed by atoms with Gasteiger partial charge in [0, 0.05) is 18.8 Å². The Morgan fingerprint density at radius 1 is 1.62 bits per heavy atom. The zero-order valence-electron chi connectivity index (χ0n) is 7.77. The van der Waals surface area contributed by atoms with Gasteiger partial charge in [-0.15, -0.1) is 0 Å². The third-order valence-corrected chi connectivity index (χ3v) is 2.47. The summed E-state index contributed by atoms with van der Waals surface area (Å²) in [4.78, 5) is 10.6. The Morgan fingerprint density at radius 3 is 3.08 bits per heavy atom. The molecule has 0 saturated carbocycles. The van der Waals surface area contributed by atoms with Crippen LogP contribution >= 0.6 is 0 Å². The zero-order valence-corrected chi connectivity index (χ0v) is 7.77. The number of hydrogen-bond acceptors (Lipinski definition) is 4. The molecular formula is C9H14N4. The third kappa shape index (κ3) is 1.56. The number of rotatable bonds is 1. The van der Waals surface area contributed by atoms with E-state index in [1.165, 1.54) is 12.8 Å². The van der Waals surface area contributed by atoms with Crippen molar-refractivity contribution >= 4 is 11.8 Å². The number of hydrogen-bond donors (Lipinski definition) is 1. The molecule has 0 aromatic carbocycles. The maximum atomic E-state index is 5.59. The Hall–Kier alpha value is -1.32. The van der Waals surface area contributed by atoms with Crippen molar-refractivity contribution in [2.24, 2.45) is 0 Å². The molecule has 1 aromatic heterocycles. The highest BCUT2D eigenvalue weighted by Gasteiger charge is 2.22. The molecule has 4 heteroatoms. The highest BCUT2D eigenvalue weighted by Crippen LogP contribution is 2.21. The van der Waals surface area contributed by atoms with Gasteiger partial charge >= 0.3 is 0 Å². The fourth-order valence-electron chi connectivity index (χ4n) is 1.73. The summed E-state index contributed by atoms with van der Waals surface area (Å²) in [5.74, 6) is 1.31. The quantitative estimate of drug-likeness (QED) is 0.698. The van der Waals surface area contributed by atoms with Crippen molar-refractivity contribution in [2.75, 3.05) is 17.2 Å². The van der Waals surface area contributed by atoms with Crippen LogP contribution in [0.15, 0.2) is 12.3 Å². The summed E-state index contributed by atoms with van der Waals surface area (Å²) < 4.78 is 0. The van der Waals surface area contributed by atoms with Gasteiger partial charge in [-0.25, -0.2) is 4.98 Å². The second kappa shape index (κ2) is 3.20. The van der Waals surface area contributed by atoms with Crippen LogP contribution in [0.2, 0.25) is 0 Å². The minimum Gasteiger partial charge on any atom is -0.384 e. The molecule has 1 saturated heterocycles. The van der Waals surface area contributed by atoms with Crippen LogP contribution in [-0.4, -0.2) is 22.6 Å². The van der Waals surface area contributed by atoms with Gasteiger partial charge in [-0.3, -0.25) is 0 Å². The molecule has 4 nitrogen and oxygen atoms in total. The van der Waals surface area contributed by atoms with E-state index in [-0.39, 0.29) is 0 Å². The summed E-state index contributed by atoms with van der Waals surface area (Å²) in [6, 6.07) is 2.26. The molecule has 2 N–H and O–H groups in total. The van der Waals surface area contributed by atoms with E-state index in [1.807, 2.05) is 0 Å². The van der Waals surface area contributed by atoms with Crippen molar-refractivity contribution in [3.8, 4) is 0 Å². The number of aromatic nitrogens is 2. The highest BCUT2D eigenvalue weighted by atomic mass is 15.3. The van der Waals surface area contributed by atoms with E-state index in [1.54, 1.807) is 12.3 Å². The van der Waals surface area contributed by atoms with Crippen molar-refractivity contribution in [2.45, 2.75) is 25.8 Å². The van der Waals surface area contributed by atoms with Crippen LogP contribution in [0.5, 0.6) is 0 Å². The van der Waals surface area contributed by atoms with Crippen LogP contribution < -0.4 is 10.6 Å². The smallest absolute Gasteiger partial charge is 0.227 e. The van der Waals surface area contributed by atoms with Gasteiger partial charge in [0.1, 0.15) is 5.82 Å². The van der Waals surface area contributed by atoms with Crippen LogP contribution in [0.3, 0.4) is 0 Å². The summed E-state index contributed by atoms with van der Waals surface area (Å²) in [5.41, 5.74) is 5.59. The van der Waals surface area contributed by atoms with Crippen LogP contribution in [-0.2, 0) is 0 Å². The van der Waals surface area contributed by atoms with E-state index in [9.17, 15) is 0 Å². The zero-order chi connectivity index (χ0) is 9.26. The van der Waals surface area contributed by atoms with Gasteiger partial charge < -0.3 is 10.6 Å². The number of nitrogens with two attached hydrogens (primary N) is 1. The molecule has 70 valence electrons. The molecule has 0 aliphatic carbocycles. The molecule has 1 aliphatic rings. The minimum absolute atomic E-state index is 0.543. The summed E-state index contributed by atoms with van der Waals surface area (Å²) in [6.07, 6.45) is 4.15. The SMILES string of the molecule is CC1CCCN1c1nccc(N)n1. The molecule has 0 bridgehead atoms. The van der Waals surface area contributed by atoms with Crippen LogP contribution in [0.25, 0.3) is 0 Å². The van der Waals surface area contributed by atoms with Crippen LogP contribution in [0, 0.1) is 0 Å². The lowest BCUT2D eigenvalue weighted by atomic mass is 10.2. The van der Waals surface area contributed by atoms with Crippen molar-refractivity contribution < 1.29 is 0 Å². The lowest BCUT2D eigenvalue weighted by molar-refractivity contribution is 0.717. The Morgan fingerprint density at radius 2 is 2.46 bits per heavy atom. The molecule has 1 atom stereocenters. The Balaban J connectivity index is 2.24. The third-order valence-electron chi connectivity index (χ3n) is 2.47. The molecule has 1 unspecified atom stereocenters. The Kier molecular flexibility index (Phi) is 2.04. The maximum absolute atomic E-state index is 5.59. The first-order valence-corrected chi connectivity index (χ1v) is 4.62. The van der Waals surface area contributed by atoms with Gasteiger partial charge in [0.25, 0.3) is 0 Å². The Labute approximate surface area is 77.8 Å². The summed E-state index contributed by atoms with van der Waals surface area (Å²) in [7, 11) is 0. The second-order valence-corrected chi connectivity index (χ2v) is 3.47. The summed E-state index contributed by atoms with van der Waals surface area (Å²) >= 11 is 0. The first-order valence-electron chi connectivity index (χ1n) is 4.62. The van der Waals surface area contributed by atoms with Gasteiger partial charge in [0.2, 0.25) is 5.95 Å². The minimum atomic E-state index is 0.543. The number of nitrogen functional groups attached to an aromatic ring is 1. The topological polar surface area (TPSA) is 55.0 Å². The first kappa shape index (κ1) is 8.29. The van der Waals surface area contributed by atoms with Crippen LogP contribution in [0.4, 0.5) is 11.8 Å². The van der Waals surface area contributed by atoms with E-state index >= 15 is 0 Å². The molecular weight excluding hydrogens is 164 g/mol. The van der Waals surface area contributed by atoms with Crippen molar-refractivity contribution in [1.29, 1.82) is 0 Å². The first-order chi connectivity index (χ1) is 6.27. The average molecular weight is 178 g/mol. The molecule has 0 amide bonds. The predicted octanol–water partition coefficient (Wildman–Crippen LogP) is 1.05. The maximum Gasteiger partial charge on any atom is 0.227 e. The van der Waals surface area contributed by atoms with Crippen molar-refractivity contribution in [3.05, 3.63) is 12.3 Å². The molecule has 0 radical (unpaired) electrons. The van der Waals surface area contributed by atoms with E-state index in [0.717, 1.165) is 12.5 Å². The fraction of sp³-hybridized carbons (Fsp3) is 0.556. The van der Waals surface area contributed by atoms with Crippen LogP contribution in [0.1, 0.15) is 19.8 Å². The van der Waals surface area contributed by atoms with E-state index in [0.29, 0.717) is 11.9 Å². The Bertz CT molecular complexity index is 299. The summed E-state index contributed by atoms with van der Waals surface area (Å²) in [5, 5.41) is 0. The molecule has 1 aromatic rings. The standard InChI is InChI=1S/C9H14N4/c1-7-3-2-6-13(7)9-11-5-4-8(10)12-9/h4-5,7H,2-3,6H2,1H3,(H2,10,11,12). The number of anilines is 2. The lowest BCUT2D eigenvalue weighted by Gasteiger charge is -2.20. The fourth-order valence-corrected chi connectivity index (χ4v) is 1.73. The lowest BCUT2D eigenvalue weighted by Crippen LogP contribution is -2.28. The second-order valence-electron chi connectivity index (χ2n) is 3.47. The molecule has 13 heavy (non-hydrogen) atoms. The van der Waals surface area contributed by atoms with Gasteiger partial charge in [-0.2, -0.15) is 4.98 Å². The number of nitrogens with zero attached hydrogens (tertiary/aromatic N) is 3. The van der Waals surface area contributed by atoms with Gasteiger partial charge in [0.15, 0.2) is 0 Å². The predicted molar refractivity (Wildman–Crippen MR) is 52.5 cm³/mol. The van der Waals surface area contributed by atoms with E-state index in [2.05, 4.69) is 21.8 Å². The molecule has 0 spiro atoms. The monoisotopic (exact) mass is 178 g/mol. The molecule has 1 aliphatic heterocycles. The molecule has 1 fully saturated rings. The molecule has 2 heterocycles. The highest BCUT2D eigenvalue weighted by molar-refractivity contribution is 5.39. The van der Waals surface area contributed by atoms with Gasteiger partial charge in [-0.1, -0.05) is 0 Å². The summed E-state index contributed by atoms with van der Waals surface area (Å²) in [6.45, 7) is 3.24. The van der Waals surface area contributed by atoms with Crippen molar-refractivity contribution in [1.82, 2.24) is 9.97 Å². The van der Waals surface area contributed by atoms with E-state index < -0.39 is 0 Å². The van der Waals surface area contributed by atoms with Gasteiger partial charge in [-0.05, 0) is 25.8 Å². The van der Waals surface area contributed by atoms with Crippen molar-refractivity contribution in [3.63, 3.8) is 0 Å². The normalized spacial score (nSPS) is 22.2. The van der Waals surface area contributed by atoms with E-state index in [4.69, 9.17) is 5.73 Å². The largest absolute Gasteiger partial charge is 0.384 e. The molecule has 2 rings (SSSR count). The average Bonchev–Trinajstić information content (AvgIpc) is 2.51.